The van der Waals surface area contributed by atoms with Crippen LogP contribution in [0, 0.1) is 11.3 Å². The second kappa shape index (κ2) is 7.34. The van der Waals surface area contributed by atoms with Crippen LogP contribution < -0.4 is 0 Å². The lowest BCUT2D eigenvalue weighted by atomic mass is 9.97. The van der Waals surface area contributed by atoms with E-state index in [1.165, 1.54) is 0 Å². The van der Waals surface area contributed by atoms with Crippen molar-refractivity contribution in [2.24, 2.45) is 0 Å². The first-order valence-electron chi connectivity index (χ1n) is 6.50. The molecule has 1 heterocycles. The van der Waals surface area contributed by atoms with E-state index in [9.17, 15) is 10.4 Å². The quantitative estimate of drug-likeness (QED) is 0.794. The first-order chi connectivity index (χ1) is 8.51. The van der Waals surface area contributed by atoms with E-state index in [2.05, 4.69) is 11.0 Å². The van der Waals surface area contributed by atoms with Gasteiger partial charge in [-0.25, -0.2) is 0 Å². The summed E-state index contributed by atoms with van der Waals surface area (Å²) in [6, 6.07) is 2.43. The Labute approximate surface area is 114 Å². The number of thioether (sulfide) groups is 1. The van der Waals surface area contributed by atoms with Gasteiger partial charge in [0, 0.05) is 19.6 Å². The average molecular weight is 272 g/mol. The maximum absolute atomic E-state index is 9.86. The minimum Gasteiger partial charge on any atom is -0.389 e. The molecule has 1 fully saturated rings. The van der Waals surface area contributed by atoms with Crippen molar-refractivity contribution >= 4 is 11.8 Å². The Morgan fingerprint density at radius 1 is 1.44 bits per heavy atom. The summed E-state index contributed by atoms with van der Waals surface area (Å²) in [5.74, 6) is 0. The topological polar surface area (TPSA) is 56.5 Å². The van der Waals surface area contributed by atoms with Gasteiger partial charge in [-0.3, -0.25) is 0 Å². The van der Waals surface area contributed by atoms with Crippen LogP contribution in [0.4, 0.5) is 0 Å². The highest BCUT2D eigenvalue weighted by Crippen LogP contribution is 2.33. The number of piperidine rings is 1. The van der Waals surface area contributed by atoms with E-state index in [4.69, 9.17) is 4.74 Å². The normalized spacial score (nSPS) is 21.8. The predicted molar refractivity (Wildman–Crippen MR) is 74.6 cm³/mol. The van der Waals surface area contributed by atoms with Crippen molar-refractivity contribution < 1.29 is 9.84 Å². The summed E-state index contributed by atoms with van der Waals surface area (Å²) in [6.45, 7) is 6.73. The Hall–Kier alpha value is -0.280. The standard InChI is InChI=1S/C13H24N2O2S/c1-11(2)17-9-12(16)8-15-6-4-13(10-14,18-3)5-7-15/h11-12,16H,4-9H2,1-3H3. The van der Waals surface area contributed by atoms with E-state index in [-0.39, 0.29) is 10.9 Å². The second-order valence-corrected chi connectivity index (χ2v) is 6.34. The fourth-order valence-corrected chi connectivity index (χ4v) is 2.79. The molecule has 4 nitrogen and oxygen atoms in total. The van der Waals surface area contributed by atoms with Gasteiger partial charge < -0.3 is 14.7 Å². The monoisotopic (exact) mass is 272 g/mol. The lowest BCUT2D eigenvalue weighted by Crippen LogP contribution is -2.45. The molecule has 0 bridgehead atoms. The van der Waals surface area contributed by atoms with Crippen LogP contribution in [0.15, 0.2) is 0 Å². The number of ether oxygens (including phenoxy) is 1. The maximum Gasteiger partial charge on any atom is 0.104 e. The van der Waals surface area contributed by atoms with Crippen LogP contribution in [0.2, 0.25) is 0 Å². The summed E-state index contributed by atoms with van der Waals surface area (Å²) in [4.78, 5) is 2.22. The third-order valence-electron chi connectivity index (χ3n) is 3.35. The summed E-state index contributed by atoms with van der Waals surface area (Å²) in [5.41, 5.74) is 0. The molecule has 0 spiro atoms. The summed E-state index contributed by atoms with van der Waals surface area (Å²) in [7, 11) is 0. The number of hydrogen-bond acceptors (Lipinski definition) is 5. The van der Waals surface area contributed by atoms with Crippen LogP contribution in [0.5, 0.6) is 0 Å². The van der Waals surface area contributed by atoms with Gasteiger partial charge in [0.1, 0.15) is 4.75 Å². The number of likely N-dealkylation sites (tertiary alicyclic amines) is 1. The van der Waals surface area contributed by atoms with Crippen molar-refractivity contribution in [3.05, 3.63) is 0 Å². The van der Waals surface area contributed by atoms with E-state index >= 15 is 0 Å². The molecule has 1 aliphatic rings. The van der Waals surface area contributed by atoms with Crippen molar-refractivity contribution in [2.45, 2.75) is 43.6 Å². The average Bonchev–Trinajstić information content (AvgIpc) is 2.38. The van der Waals surface area contributed by atoms with Crippen molar-refractivity contribution in [1.82, 2.24) is 4.90 Å². The van der Waals surface area contributed by atoms with E-state index < -0.39 is 6.10 Å². The predicted octanol–water partition coefficient (Wildman–Crippen LogP) is 1.49. The zero-order valence-electron chi connectivity index (χ0n) is 11.6. The van der Waals surface area contributed by atoms with Gasteiger partial charge in [-0.2, -0.15) is 5.26 Å². The molecule has 1 atom stereocenters. The Balaban J connectivity index is 2.29. The summed E-state index contributed by atoms with van der Waals surface area (Å²) >= 11 is 1.65. The number of β-amino-alcohol motifs (C(OH)–C–C–N with tert-alkyl or cyclic N) is 1. The van der Waals surface area contributed by atoms with Crippen molar-refractivity contribution in [3.8, 4) is 6.07 Å². The third-order valence-corrected chi connectivity index (χ3v) is 4.63. The zero-order valence-corrected chi connectivity index (χ0v) is 12.4. The molecule has 0 aromatic heterocycles. The number of hydrogen-bond donors (Lipinski definition) is 1. The van der Waals surface area contributed by atoms with E-state index in [0.717, 1.165) is 25.9 Å². The van der Waals surface area contributed by atoms with Crippen LogP contribution in [-0.2, 0) is 4.74 Å². The maximum atomic E-state index is 9.86. The first-order valence-corrected chi connectivity index (χ1v) is 7.72. The van der Waals surface area contributed by atoms with Crippen LogP contribution in [0.3, 0.4) is 0 Å². The molecule has 1 unspecified atom stereocenters. The van der Waals surface area contributed by atoms with E-state index in [1.54, 1.807) is 11.8 Å². The van der Waals surface area contributed by atoms with Crippen LogP contribution in [-0.4, -0.2) is 59.5 Å². The molecule has 0 amide bonds. The van der Waals surface area contributed by atoms with Crippen LogP contribution >= 0.6 is 11.8 Å². The van der Waals surface area contributed by atoms with Gasteiger partial charge in [0.15, 0.2) is 0 Å². The number of nitrogens with zero attached hydrogens (tertiary/aromatic N) is 2. The molecular weight excluding hydrogens is 248 g/mol. The minimum absolute atomic E-state index is 0.156. The molecule has 0 aliphatic carbocycles. The zero-order chi connectivity index (χ0) is 13.6. The van der Waals surface area contributed by atoms with Crippen LogP contribution in [0.1, 0.15) is 26.7 Å². The molecule has 0 saturated carbocycles. The first kappa shape index (κ1) is 15.8. The molecule has 18 heavy (non-hydrogen) atoms. The van der Waals surface area contributed by atoms with Crippen molar-refractivity contribution in [2.75, 3.05) is 32.5 Å². The largest absolute Gasteiger partial charge is 0.389 e. The molecule has 1 N–H and O–H groups in total. The molecule has 0 aromatic rings. The smallest absolute Gasteiger partial charge is 0.104 e. The fraction of sp³-hybridized carbons (Fsp3) is 0.923. The van der Waals surface area contributed by atoms with Gasteiger partial charge in [0.2, 0.25) is 0 Å². The molecule has 5 heteroatoms. The molecule has 1 aliphatic heterocycles. The Kier molecular flexibility index (Phi) is 6.44. The highest BCUT2D eigenvalue weighted by molar-refractivity contribution is 8.00. The van der Waals surface area contributed by atoms with Gasteiger partial charge >= 0.3 is 0 Å². The van der Waals surface area contributed by atoms with E-state index in [1.807, 2.05) is 20.1 Å². The van der Waals surface area contributed by atoms with Crippen molar-refractivity contribution in [1.29, 1.82) is 5.26 Å². The van der Waals surface area contributed by atoms with E-state index in [0.29, 0.717) is 13.2 Å². The molecule has 1 saturated heterocycles. The number of aliphatic hydroxyl groups is 1. The highest BCUT2D eigenvalue weighted by Gasteiger charge is 2.34. The number of aliphatic hydroxyl groups excluding tert-OH is 1. The minimum atomic E-state index is -0.434. The van der Waals surface area contributed by atoms with Gasteiger partial charge in [0.05, 0.1) is 24.9 Å². The third kappa shape index (κ3) is 4.77. The summed E-state index contributed by atoms with van der Waals surface area (Å²) < 4.78 is 5.18. The SMILES string of the molecule is CSC1(C#N)CCN(CC(O)COC(C)C)CC1. The number of rotatable bonds is 6. The highest BCUT2D eigenvalue weighted by atomic mass is 32.2. The number of nitriles is 1. The molecule has 0 aromatic carbocycles. The van der Waals surface area contributed by atoms with Gasteiger partial charge in [0.25, 0.3) is 0 Å². The molecule has 1 rings (SSSR count). The lowest BCUT2D eigenvalue weighted by molar-refractivity contribution is -0.0109. The second-order valence-electron chi connectivity index (χ2n) is 5.15. The van der Waals surface area contributed by atoms with Gasteiger partial charge in [-0.15, -0.1) is 11.8 Å². The molecular formula is C13H24N2O2S. The summed E-state index contributed by atoms with van der Waals surface area (Å²) in [6.07, 6.45) is 3.48. The molecule has 104 valence electrons. The Morgan fingerprint density at radius 2 is 2.06 bits per heavy atom. The van der Waals surface area contributed by atoms with Crippen LogP contribution in [0.25, 0.3) is 0 Å². The Morgan fingerprint density at radius 3 is 2.50 bits per heavy atom. The fourth-order valence-electron chi connectivity index (χ4n) is 2.11. The van der Waals surface area contributed by atoms with Gasteiger partial charge in [-0.05, 0) is 32.9 Å². The van der Waals surface area contributed by atoms with Gasteiger partial charge in [-0.1, -0.05) is 0 Å². The van der Waals surface area contributed by atoms with Crippen molar-refractivity contribution in [3.63, 3.8) is 0 Å². The lowest BCUT2D eigenvalue weighted by Gasteiger charge is -2.36. The summed E-state index contributed by atoms with van der Waals surface area (Å²) in [5, 5.41) is 19.1. The Bertz CT molecular complexity index is 283. The molecule has 0 radical (unpaired) electrons.